The van der Waals surface area contributed by atoms with Gasteiger partial charge in [0.15, 0.2) is 0 Å². The molecule has 1 aromatic carbocycles. The maximum Gasteiger partial charge on any atom is 0.309 e. The van der Waals surface area contributed by atoms with E-state index in [0.29, 0.717) is 11.8 Å². The van der Waals surface area contributed by atoms with Gasteiger partial charge in [0, 0.05) is 0 Å². The number of aryl methyl sites for hydroxylation is 2. The predicted octanol–water partition coefficient (Wildman–Crippen LogP) is 4.52. The molecule has 2 nitrogen and oxygen atoms in total. The molecule has 0 saturated heterocycles. The SMILES string of the molecule is Cc1cc(C)cc(CC2(C(=O)O)CCC(C)(C)CC2)c1. The van der Waals surface area contributed by atoms with Crippen LogP contribution >= 0.6 is 0 Å². The minimum atomic E-state index is -0.618. The van der Waals surface area contributed by atoms with Crippen LogP contribution in [0.25, 0.3) is 0 Å². The Morgan fingerprint density at radius 3 is 2.00 bits per heavy atom. The van der Waals surface area contributed by atoms with Crippen LogP contribution in [0.2, 0.25) is 0 Å². The summed E-state index contributed by atoms with van der Waals surface area (Å²) in [5.41, 5.74) is 3.34. The highest BCUT2D eigenvalue weighted by atomic mass is 16.4. The number of benzene rings is 1. The van der Waals surface area contributed by atoms with Crippen molar-refractivity contribution in [2.45, 2.75) is 59.8 Å². The van der Waals surface area contributed by atoms with Gasteiger partial charge in [-0.2, -0.15) is 0 Å². The van der Waals surface area contributed by atoms with Gasteiger partial charge < -0.3 is 5.11 Å². The lowest BCUT2D eigenvalue weighted by molar-refractivity contribution is -0.152. The minimum absolute atomic E-state index is 0.293. The Morgan fingerprint density at radius 2 is 1.55 bits per heavy atom. The van der Waals surface area contributed by atoms with Crippen LogP contribution in [0.4, 0.5) is 0 Å². The molecule has 0 atom stereocenters. The van der Waals surface area contributed by atoms with E-state index >= 15 is 0 Å². The van der Waals surface area contributed by atoms with E-state index in [9.17, 15) is 9.90 Å². The van der Waals surface area contributed by atoms with Gasteiger partial charge in [0.1, 0.15) is 0 Å². The van der Waals surface area contributed by atoms with Crippen molar-refractivity contribution in [3.8, 4) is 0 Å². The zero-order chi connectivity index (χ0) is 15.0. The first-order chi connectivity index (χ1) is 9.22. The van der Waals surface area contributed by atoms with Gasteiger partial charge in [0.05, 0.1) is 5.41 Å². The molecule has 1 aliphatic carbocycles. The van der Waals surface area contributed by atoms with E-state index in [4.69, 9.17) is 0 Å². The molecule has 0 aromatic heterocycles. The van der Waals surface area contributed by atoms with Crippen molar-refractivity contribution < 1.29 is 9.90 Å². The molecule has 0 bridgehead atoms. The molecule has 0 radical (unpaired) electrons. The zero-order valence-electron chi connectivity index (χ0n) is 13.1. The van der Waals surface area contributed by atoms with Crippen molar-refractivity contribution in [2.24, 2.45) is 10.8 Å². The lowest BCUT2D eigenvalue weighted by atomic mass is 9.63. The average Bonchev–Trinajstić information content (AvgIpc) is 2.30. The molecular formula is C18H26O2. The molecule has 1 aliphatic rings. The second-order valence-electron chi connectivity index (χ2n) is 7.42. The summed E-state index contributed by atoms with van der Waals surface area (Å²) in [6.45, 7) is 8.65. The van der Waals surface area contributed by atoms with Gasteiger partial charge in [0.2, 0.25) is 0 Å². The van der Waals surface area contributed by atoms with E-state index in [1.54, 1.807) is 0 Å². The van der Waals surface area contributed by atoms with Crippen molar-refractivity contribution in [2.75, 3.05) is 0 Å². The summed E-state index contributed by atoms with van der Waals surface area (Å²) in [4.78, 5) is 11.9. The number of rotatable bonds is 3. The number of hydrogen-bond donors (Lipinski definition) is 1. The maximum atomic E-state index is 11.9. The van der Waals surface area contributed by atoms with E-state index in [-0.39, 0.29) is 0 Å². The smallest absolute Gasteiger partial charge is 0.309 e. The number of hydrogen-bond acceptors (Lipinski definition) is 1. The molecule has 1 aromatic rings. The monoisotopic (exact) mass is 274 g/mol. The third-order valence-corrected chi connectivity index (χ3v) is 4.84. The summed E-state index contributed by atoms with van der Waals surface area (Å²) < 4.78 is 0. The Bertz CT molecular complexity index is 484. The Balaban J connectivity index is 2.24. The van der Waals surface area contributed by atoms with Crippen molar-refractivity contribution in [3.63, 3.8) is 0 Å². The van der Waals surface area contributed by atoms with Crippen LogP contribution in [-0.4, -0.2) is 11.1 Å². The van der Waals surface area contributed by atoms with E-state index < -0.39 is 11.4 Å². The standard InChI is InChI=1S/C18H26O2/c1-13-9-14(2)11-15(10-13)12-18(16(19)20)7-5-17(3,4)6-8-18/h9-11H,5-8,12H2,1-4H3,(H,19,20). The molecule has 0 aliphatic heterocycles. The van der Waals surface area contributed by atoms with Gasteiger partial charge in [0.25, 0.3) is 0 Å². The molecular weight excluding hydrogens is 248 g/mol. The summed E-state index contributed by atoms with van der Waals surface area (Å²) in [6.07, 6.45) is 4.26. The summed E-state index contributed by atoms with van der Waals surface area (Å²) in [6, 6.07) is 6.41. The minimum Gasteiger partial charge on any atom is -0.481 e. The Labute approximate surface area is 122 Å². The fraction of sp³-hybridized carbons (Fsp3) is 0.611. The Morgan fingerprint density at radius 1 is 1.05 bits per heavy atom. The van der Waals surface area contributed by atoms with Crippen molar-refractivity contribution in [3.05, 3.63) is 34.9 Å². The Kier molecular flexibility index (Phi) is 3.95. The van der Waals surface area contributed by atoms with Crippen LogP contribution < -0.4 is 0 Å². The number of carboxylic acid groups (broad SMARTS) is 1. The summed E-state index contributed by atoms with van der Waals surface area (Å²) in [5, 5.41) is 9.76. The third kappa shape index (κ3) is 3.23. The zero-order valence-corrected chi connectivity index (χ0v) is 13.1. The fourth-order valence-corrected chi connectivity index (χ4v) is 3.43. The average molecular weight is 274 g/mol. The van der Waals surface area contributed by atoms with Gasteiger partial charge >= 0.3 is 5.97 Å². The quantitative estimate of drug-likeness (QED) is 0.880. The van der Waals surface area contributed by atoms with Crippen LogP contribution in [0, 0.1) is 24.7 Å². The highest BCUT2D eigenvalue weighted by Gasteiger charge is 2.44. The predicted molar refractivity (Wildman–Crippen MR) is 81.9 cm³/mol. The molecule has 0 unspecified atom stereocenters. The van der Waals surface area contributed by atoms with Crippen molar-refractivity contribution in [1.29, 1.82) is 0 Å². The van der Waals surface area contributed by atoms with Crippen LogP contribution in [0.5, 0.6) is 0 Å². The molecule has 0 heterocycles. The first-order valence-electron chi connectivity index (χ1n) is 7.53. The maximum absolute atomic E-state index is 11.9. The van der Waals surface area contributed by atoms with Crippen LogP contribution in [0.15, 0.2) is 18.2 Å². The first-order valence-corrected chi connectivity index (χ1v) is 7.53. The van der Waals surface area contributed by atoms with E-state index in [2.05, 4.69) is 45.9 Å². The second kappa shape index (κ2) is 5.23. The number of carboxylic acids is 1. The molecule has 20 heavy (non-hydrogen) atoms. The van der Waals surface area contributed by atoms with Crippen LogP contribution in [-0.2, 0) is 11.2 Å². The van der Waals surface area contributed by atoms with E-state index in [0.717, 1.165) is 25.7 Å². The molecule has 1 fully saturated rings. The topological polar surface area (TPSA) is 37.3 Å². The highest BCUT2D eigenvalue weighted by Crippen LogP contribution is 2.47. The largest absolute Gasteiger partial charge is 0.481 e. The first kappa shape index (κ1) is 15.1. The number of aliphatic carboxylic acids is 1. The molecule has 0 spiro atoms. The molecule has 1 saturated carbocycles. The van der Waals surface area contributed by atoms with Crippen molar-refractivity contribution in [1.82, 2.24) is 0 Å². The summed E-state index contributed by atoms with van der Waals surface area (Å²) >= 11 is 0. The lowest BCUT2D eigenvalue weighted by Gasteiger charge is -2.41. The second-order valence-corrected chi connectivity index (χ2v) is 7.42. The van der Waals surface area contributed by atoms with Gasteiger partial charge in [-0.05, 0) is 56.9 Å². The van der Waals surface area contributed by atoms with Gasteiger partial charge in [-0.1, -0.05) is 43.2 Å². The van der Waals surface area contributed by atoms with Gasteiger partial charge in [-0.3, -0.25) is 4.79 Å². The summed E-state index contributed by atoms with van der Waals surface area (Å²) in [7, 11) is 0. The van der Waals surface area contributed by atoms with Gasteiger partial charge in [-0.25, -0.2) is 0 Å². The summed E-state index contributed by atoms with van der Waals surface area (Å²) in [5.74, 6) is -0.618. The van der Waals surface area contributed by atoms with E-state index in [1.807, 2.05) is 0 Å². The van der Waals surface area contributed by atoms with Crippen LogP contribution in [0.1, 0.15) is 56.2 Å². The lowest BCUT2D eigenvalue weighted by Crippen LogP contribution is -2.39. The van der Waals surface area contributed by atoms with Crippen LogP contribution in [0.3, 0.4) is 0 Å². The number of carbonyl (C=O) groups is 1. The third-order valence-electron chi connectivity index (χ3n) is 4.84. The van der Waals surface area contributed by atoms with E-state index in [1.165, 1.54) is 16.7 Å². The van der Waals surface area contributed by atoms with Crippen molar-refractivity contribution >= 4 is 5.97 Å². The Hall–Kier alpha value is -1.31. The molecule has 1 N–H and O–H groups in total. The molecule has 110 valence electrons. The normalized spacial score (nSPS) is 20.6. The van der Waals surface area contributed by atoms with Gasteiger partial charge in [-0.15, -0.1) is 0 Å². The molecule has 2 heteroatoms. The molecule has 0 amide bonds. The fourth-order valence-electron chi connectivity index (χ4n) is 3.43. The highest BCUT2D eigenvalue weighted by molar-refractivity contribution is 5.75. The molecule has 2 rings (SSSR count).